The maximum Gasteiger partial charge on any atom is 0.254 e. The number of amides is 1. The molecule has 2 heterocycles. The lowest BCUT2D eigenvalue weighted by Gasteiger charge is -2.07. The predicted molar refractivity (Wildman–Crippen MR) is 93.5 cm³/mol. The van der Waals surface area contributed by atoms with E-state index in [0.717, 1.165) is 11.3 Å². The minimum Gasteiger partial charge on any atom is -0.439 e. The van der Waals surface area contributed by atoms with Gasteiger partial charge in [0.2, 0.25) is 5.88 Å². The lowest BCUT2D eigenvalue weighted by atomic mass is 10.2. The van der Waals surface area contributed by atoms with Gasteiger partial charge in [0, 0.05) is 25.0 Å². The first-order chi connectivity index (χ1) is 11.7. The molecule has 6 heteroatoms. The summed E-state index contributed by atoms with van der Waals surface area (Å²) in [5.41, 5.74) is 1.32. The van der Waals surface area contributed by atoms with E-state index < -0.39 is 0 Å². The Kier molecular flexibility index (Phi) is 4.98. The number of carbonyl (C=O) groups is 1. The van der Waals surface area contributed by atoms with Gasteiger partial charge in [-0.2, -0.15) is 0 Å². The van der Waals surface area contributed by atoms with Crippen LogP contribution in [0.5, 0.6) is 11.6 Å². The van der Waals surface area contributed by atoms with Crippen LogP contribution in [0.3, 0.4) is 0 Å². The monoisotopic (exact) mass is 337 g/mol. The van der Waals surface area contributed by atoms with E-state index >= 15 is 0 Å². The topological polar surface area (TPSA) is 67.0 Å². The average molecular weight is 337 g/mol. The van der Waals surface area contributed by atoms with E-state index in [1.54, 1.807) is 30.6 Å². The third-order valence-corrected chi connectivity index (χ3v) is 3.62. The van der Waals surface area contributed by atoms with Crippen LogP contribution < -0.4 is 10.1 Å². The summed E-state index contributed by atoms with van der Waals surface area (Å²) in [5, 5.41) is 2.82. The normalized spacial score (nSPS) is 10.2. The largest absolute Gasteiger partial charge is 0.439 e. The van der Waals surface area contributed by atoms with Crippen molar-refractivity contribution in [2.75, 3.05) is 0 Å². The second-order valence-electron chi connectivity index (χ2n) is 5.02. The summed E-state index contributed by atoms with van der Waals surface area (Å²) < 4.78 is 6.04. The van der Waals surface area contributed by atoms with Gasteiger partial charge in [0.25, 0.3) is 5.91 Å². The van der Waals surface area contributed by atoms with Crippen molar-refractivity contribution < 1.29 is 9.53 Å². The van der Waals surface area contributed by atoms with Gasteiger partial charge in [-0.3, -0.25) is 4.79 Å². The van der Waals surface area contributed by atoms with Gasteiger partial charge in [-0.1, -0.05) is 36.5 Å². The minimum atomic E-state index is -0.221. The van der Waals surface area contributed by atoms with Crippen LogP contribution in [0.1, 0.15) is 15.9 Å². The van der Waals surface area contributed by atoms with Gasteiger partial charge in [0.1, 0.15) is 10.4 Å². The molecule has 0 saturated carbocycles. The number of aromatic nitrogens is 2. The Balaban J connectivity index is 1.59. The molecule has 0 unspecified atom stereocenters. The molecule has 3 aromatic rings. The highest BCUT2D eigenvalue weighted by Crippen LogP contribution is 2.18. The van der Waals surface area contributed by atoms with Crippen molar-refractivity contribution in [2.24, 2.45) is 0 Å². The molecule has 0 radical (unpaired) electrons. The smallest absolute Gasteiger partial charge is 0.254 e. The highest BCUT2D eigenvalue weighted by Gasteiger charge is 2.07. The molecule has 120 valence electrons. The zero-order chi connectivity index (χ0) is 16.8. The molecule has 5 nitrogen and oxygen atoms in total. The summed E-state index contributed by atoms with van der Waals surface area (Å²) in [5.74, 6) is 1.01. The third kappa shape index (κ3) is 4.05. The number of rotatable bonds is 5. The predicted octanol–water partition coefficient (Wildman–Crippen LogP) is 3.86. The molecule has 1 aromatic carbocycles. The van der Waals surface area contributed by atoms with E-state index in [1.165, 1.54) is 0 Å². The van der Waals surface area contributed by atoms with Crippen LogP contribution in [0.4, 0.5) is 0 Å². The van der Waals surface area contributed by atoms with Crippen LogP contribution in [0, 0.1) is 4.64 Å². The van der Waals surface area contributed by atoms with Gasteiger partial charge in [-0.15, -0.1) is 0 Å². The van der Waals surface area contributed by atoms with Crippen molar-refractivity contribution in [1.82, 2.24) is 15.3 Å². The van der Waals surface area contributed by atoms with Crippen LogP contribution in [-0.4, -0.2) is 15.9 Å². The number of aromatic amines is 1. The number of hydrogen-bond acceptors (Lipinski definition) is 4. The van der Waals surface area contributed by atoms with Gasteiger partial charge in [-0.05, 0) is 29.8 Å². The quantitative estimate of drug-likeness (QED) is 0.694. The van der Waals surface area contributed by atoms with Crippen molar-refractivity contribution in [3.8, 4) is 11.6 Å². The molecular formula is C18H15N3O2S. The zero-order valence-electron chi connectivity index (χ0n) is 12.7. The first-order valence-corrected chi connectivity index (χ1v) is 7.77. The van der Waals surface area contributed by atoms with Gasteiger partial charge >= 0.3 is 0 Å². The number of pyridine rings is 2. The minimum absolute atomic E-state index is 0.221. The van der Waals surface area contributed by atoms with E-state index in [1.807, 2.05) is 36.4 Å². The van der Waals surface area contributed by atoms with Crippen LogP contribution >= 0.6 is 12.2 Å². The van der Waals surface area contributed by atoms with E-state index in [-0.39, 0.29) is 5.91 Å². The summed E-state index contributed by atoms with van der Waals surface area (Å²) >= 11 is 5.09. The van der Waals surface area contributed by atoms with Gasteiger partial charge in [-0.25, -0.2) is 4.98 Å². The molecular weight excluding hydrogens is 322 g/mol. The molecule has 0 aliphatic rings. The van der Waals surface area contributed by atoms with Gasteiger partial charge < -0.3 is 15.0 Å². The molecule has 3 rings (SSSR count). The molecule has 0 aliphatic heterocycles. The van der Waals surface area contributed by atoms with Crippen LogP contribution in [0.25, 0.3) is 0 Å². The Labute approximate surface area is 144 Å². The number of ether oxygens (including phenoxy) is 1. The Morgan fingerprint density at radius 1 is 1.12 bits per heavy atom. The van der Waals surface area contributed by atoms with Crippen molar-refractivity contribution in [2.45, 2.75) is 6.54 Å². The van der Waals surface area contributed by atoms with E-state index in [4.69, 9.17) is 17.0 Å². The Morgan fingerprint density at radius 2 is 1.96 bits per heavy atom. The number of nitrogens with one attached hydrogen (secondary N) is 2. The van der Waals surface area contributed by atoms with E-state index in [0.29, 0.717) is 22.6 Å². The molecule has 2 N–H and O–H groups in total. The Morgan fingerprint density at radius 3 is 2.67 bits per heavy atom. The third-order valence-electron chi connectivity index (χ3n) is 3.28. The second kappa shape index (κ2) is 7.52. The van der Waals surface area contributed by atoms with Gasteiger partial charge in [0.05, 0.1) is 5.56 Å². The molecule has 24 heavy (non-hydrogen) atoms. The van der Waals surface area contributed by atoms with Crippen molar-refractivity contribution >= 4 is 18.1 Å². The number of para-hydroxylation sites is 1. The maximum absolute atomic E-state index is 12.1. The van der Waals surface area contributed by atoms with E-state index in [2.05, 4.69) is 15.3 Å². The fourth-order valence-corrected chi connectivity index (χ4v) is 2.29. The van der Waals surface area contributed by atoms with Crippen LogP contribution in [-0.2, 0) is 6.54 Å². The van der Waals surface area contributed by atoms with Crippen LogP contribution in [0.15, 0.2) is 67.0 Å². The lowest BCUT2D eigenvalue weighted by Crippen LogP contribution is -2.23. The Bertz CT molecular complexity index is 877. The molecule has 0 saturated heterocycles. The second-order valence-corrected chi connectivity index (χ2v) is 5.42. The molecule has 0 bridgehead atoms. The highest BCUT2D eigenvalue weighted by atomic mass is 32.1. The molecule has 0 fully saturated rings. The first-order valence-electron chi connectivity index (χ1n) is 7.36. The molecule has 1 amide bonds. The summed E-state index contributed by atoms with van der Waals surface area (Å²) in [7, 11) is 0. The van der Waals surface area contributed by atoms with E-state index in [9.17, 15) is 4.79 Å². The fourth-order valence-electron chi connectivity index (χ4n) is 2.06. The Hall–Kier alpha value is -2.99. The van der Waals surface area contributed by atoms with Crippen LogP contribution in [0.2, 0.25) is 0 Å². The highest BCUT2D eigenvalue weighted by molar-refractivity contribution is 7.71. The molecule has 0 spiro atoms. The summed E-state index contributed by atoms with van der Waals surface area (Å²) in [6, 6.07) is 16.5. The summed E-state index contributed by atoms with van der Waals surface area (Å²) in [4.78, 5) is 19.2. The SMILES string of the molecule is O=C(NCc1ccc(Oc2ccccc2)nc1)c1ccc[nH]c1=S. The summed E-state index contributed by atoms with van der Waals surface area (Å²) in [6.07, 6.45) is 3.36. The number of H-pyrrole nitrogens is 1. The number of carbonyl (C=O) groups excluding carboxylic acids is 1. The van der Waals surface area contributed by atoms with Crippen molar-refractivity contribution in [1.29, 1.82) is 0 Å². The molecule has 0 aliphatic carbocycles. The lowest BCUT2D eigenvalue weighted by molar-refractivity contribution is 0.0950. The average Bonchev–Trinajstić information content (AvgIpc) is 2.62. The maximum atomic E-state index is 12.1. The standard InChI is InChI=1S/C18H15N3O2S/c22-17(15-7-4-10-19-18(15)24)21-12-13-8-9-16(20-11-13)23-14-5-2-1-3-6-14/h1-11H,12H2,(H,19,24)(H,21,22). The molecule has 2 aromatic heterocycles. The number of hydrogen-bond donors (Lipinski definition) is 2. The fraction of sp³-hybridized carbons (Fsp3) is 0.0556. The molecule has 0 atom stereocenters. The number of benzene rings is 1. The van der Waals surface area contributed by atoms with Crippen molar-refractivity contribution in [3.63, 3.8) is 0 Å². The summed E-state index contributed by atoms with van der Waals surface area (Å²) in [6.45, 7) is 0.362. The zero-order valence-corrected chi connectivity index (χ0v) is 13.5. The van der Waals surface area contributed by atoms with Crippen molar-refractivity contribution in [3.05, 3.63) is 82.8 Å². The number of nitrogens with zero attached hydrogens (tertiary/aromatic N) is 1. The first kappa shape index (κ1) is 15.9. The van der Waals surface area contributed by atoms with Gasteiger partial charge in [0.15, 0.2) is 0 Å².